The number of rotatable bonds is 7. The fraction of sp³-hybridized carbons (Fsp3) is 0.250. The van der Waals surface area contributed by atoms with Crippen LogP contribution in [0.3, 0.4) is 0 Å². The Bertz CT molecular complexity index is 954. The quantitative estimate of drug-likeness (QED) is 0.548. The monoisotopic (exact) mass is 401 g/mol. The molecule has 0 unspecified atom stereocenters. The predicted molar refractivity (Wildman–Crippen MR) is 108 cm³/mol. The lowest BCUT2D eigenvalue weighted by atomic mass is 10.0. The largest absolute Gasteiger partial charge is 0.465 e. The second-order valence-corrected chi connectivity index (χ2v) is 7.82. The number of esters is 2. The van der Waals surface area contributed by atoms with Crippen LogP contribution in [-0.4, -0.2) is 29.8 Å². The Balaban J connectivity index is 1.71. The molecule has 0 fully saturated rings. The first-order valence-corrected chi connectivity index (χ1v) is 10.4. The summed E-state index contributed by atoms with van der Waals surface area (Å²) in [6.07, 6.45) is 0. The number of aromatic nitrogens is 1. The van der Waals surface area contributed by atoms with E-state index in [4.69, 9.17) is 9.47 Å². The van der Waals surface area contributed by atoms with E-state index in [1.165, 1.54) is 23.7 Å². The molecule has 7 heteroatoms. The number of carbonyl (C=O) groups is 2. The van der Waals surface area contributed by atoms with Gasteiger partial charge in [0.2, 0.25) is 0 Å². The van der Waals surface area contributed by atoms with Gasteiger partial charge in [0.15, 0.2) is 0 Å². The summed E-state index contributed by atoms with van der Waals surface area (Å²) >= 11 is 3.16. The van der Waals surface area contributed by atoms with Crippen molar-refractivity contribution in [2.45, 2.75) is 19.3 Å². The zero-order chi connectivity index (χ0) is 19.2. The van der Waals surface area contributed by atoms with Gasteiger partial charge in [0, 0.05) is 16.0 Å². The molecule has 27 heavy (non-hydrogen) atoms. The maximum Gasteiger partial charge on any atom is 0.340 e. The van der Waals surface area contributed by atoms with Crippen molar-refractivity contribution in [3.63, 3.8) is 0 Å². The molecule has 0 radical (unpaired) electrons. The van der Waals surface area contributed by atoms with Crippen LogP contribution < -0.4 is 0 Å². The molecular formula is C20H19NO4S2. The van der Waals surface area contributed by atoms with E-state index < -0.39 is 5.97 Å². The van der Waals surface area contributed by atoms with E-state index in [0.29, 0.717) is 11.3 Å². The fourth-order valence-corrected chi connectivity index (χ4v) is 4.40. The first-order valence-electron chi connectivity index (χ1n) is 8.32. The average Bonchev–Trinajstić information content (AvgIpc) is 3.19. The molecule has 0 aliphatic rings. The van der Waals surface area contributed by atoms with Crippen LogP contribution in [-0.2, 0) is 26.6 Å². The minimum absolute atomic E-state index is 0.0610. The van der Waals surface area contributed by atoms with E-state index in [2.05, 4.69) is 4.98 Å². The smallest absolute Gasteiger partial charge is 0.340 e. The number of thiophene rings is 1. The number of benzene rings is 1. The van der Waals surface area contributed by atoms with Gasteiger partial charge in [0.25, 0.3) is 0 Å². The van der Waals surface area contributed by atoms with Gasteiger partial charge in [-0.3, -0.25) is 4.79 Å². The van der Waals surface area contributed by atoms with Gasteiger partial charge < -0.3 is 9.47 Å². The van der Waals surface area contributed by atoms with Crippen LogP contribution in [0, 0.1) is 6.92 Å². The van der Waals surface area contributed by atoms with E-state index in [1.807, 2.05) is 48.7 Å². The maximum absolute atomic E-state index is 12.2. The van der Waals surface area contributed by atoms with E-state index >= 15 is 0 Å². The number of hydrogen-bond acceptors (Lipinski definition) is 7. The third-order valence-electron chi connectivity index (χ3n) is 4.03. The number of para-hydroxylation sites is 1. The highest BCUT2D eigenvalue weighted by Gasteiger charge is 2.20. The topological polar surface area (TPSA) is 65.5 Å². The Labute approximate surface area is 165 Å². The molecule has 1 aromatic carbocycles. The highest BCUT2D eigenvalue weighted by Crippen LogP contribution is 2.24. The molecule has 3 rings (SSSR count). The van der Waals surface area contributed by atoms with Crippen LogP contribution in [0.15, 0.2) is 41.8 Å². The summed E-state index contributed by atoms with van der Waals surface area (Å²) in [5.41, 5.74) is 2.29. The number of methoxy groups -OCH3 is 1. The Morgan fingerprint density at radius 1 is 1.19 bits per heavy atom. The normalized spacial score (nSPS) is 10.7. The minimum Gasteiger partial charge on any atom is -0.465 e. The second-order valence-electron chi connectivity index (χ2n) is 5.80. The maximum atomic E-state index is 12.2. The van der Waals surface area contributed by atoms with Crippen LogP contribution >= 0.6 is 23.1 Å². The van der Waals surface area contributed by atoms with Gasteiger partial charge >= 0.3 is 11.9 Å². The molecule has 0 aliphatic heterocycles. The number of thioether (sulfide) groups is 1. The lowest BCUT2D eigenvalue weighted by Gasteiger charge is -2.13. The lowest BCUT2D eigenvalue weighted by Crippen LogP contribution is -2.14. The van der Waals surface area contributed by atoms with Gasteiger partial charge in [-0.05, 0) is 30.0 Å². The van der Waals surface area contributed by atoms with Crippen LogP contribution in [0.4, 0.5) is 0 Å². The van der Waals surface area contributed by atoms with Gasteiger partial charge in [0.05, 0.1) is 29.6 Å². The predicted octanol–water partition coefficient (Wildman–Crippen LogP) is 4.37. The molecule has 5 nitrogen and oxygen atoms in total. The van der Waals surface area contributed by atoms with Crippen molar-refractivity contribution in [3.05, 3.63) is 63.5 Å². The van der Waals surface area contributed by atoms with Crippen molar-refractivity contribution < 1.29 is 19.1 Å². The van der Waals surface area contributed by atoms with Crippen LogP contribution in [0.25, 0.3) is 10.9 Å². The van der Waals surface area contributed by atoms with E-state index in [9.17, 15) is 9.59 Å². The summed E-state index contributed by atoms with van der Waals surface area (Å²) in [5.74, 6) is 0.204. The number of fused-ring (bicyclic) bond motifs is 1. The standard InChI is InChI=1S/C20H19NO4S2/c1-13-15-7-3-4-8-16(15)21-17(19(13)20(23)24-2)10-25-18(22)12-26-11-14-6-5-9-27-14/h3-9H,10-12H2,1-2H3. The van der Waals surface area contributed by atoms with Crippen LogP contribution in [0.1, 0.15) is 26.5 Å². The summed E-state index contributed by atoms with van der Waals surface area (Å²) in [6, 6.07) is 11.6. The van der Waals surface area contributed by atoms with Gasteiger partial charge in [-0.1, -0.05) is 24.3 Å². The SMILES string of the molecule is COC(=O)c1c(COC(=O)CSCc2cccs2)nc2ccccc2c1C. The molecule has 2 heterocycles. The third kappa shape index (κ3) is 4.67. The first kappa shape index (κ1) is 19.4. The highest BCUT2D eigenvalue weighted by atomic mass is 32.2. The average molecular weight is 402 g/mol. The molecule has 0 amide bonds. The van der Waals surface area contributed by atoms with Gasteiger partial charge in [-0.15, -0.1) is 23.1 Å². The van der Waals surface area contributed by atoms with Gasteiger partial charge in [0.1, 0.15) is 6.61 Å². The molecule has 0 aliphatic carbocycles. The zero-order valence-electron chi connectivity index (χ0n) is 15.1. The molecule has 140 valence electrons. The lowest BCUT2D eigenvalue weighted by molar-refractivity contribution is -0.141. The van der Waals surface area contributed by atoms with Crippen molar-refractivity contribution in [3.8, 4) is 0 Å². The molecule has 0 bridgehead atoms. The number of aryl methyl sites for hydroxylation is 1. The van der Waals surface area contributed by atoms with Gasteiger partial charge in [-0.25, -0.2) is 9.78 Å². The number of hydrogen-bond donors (Lipinski definition) is 0. The Hall–Kier alpha value is -2.38. The molecule has 2 aromatic heterocycles. The summed E-state index contributed by atoms with van der Waals surface area (Å²) in [5, 5.41) is 2.88. The molecule has 0 saturated heterocycles. The molecule has 3 aromatic rings. The zero-order valence-corrected chi connectivity index (χ0v) is 16.7. The number of carbonyl (C=O) groups excluding carboxylic acids is 2. The van der Waals surface area contributed by atoms with E-state index in [0.717, 1.165) is 22.2 Å². The van der Waals surface area contributed by atoms with Crippen LogP contribution in [0.2, 0.25) is 0 Å². The van der Waals surface area contributed by atoms with Crippen LogP contribution in [0.5, 0.6) is 0 Å². The van der Waals surface area contributed by atoms with E-state index in [-0.39, 0.29) is 18.3 Å². The van der Waals surface area contributed by atoms with Gasteiger partial charge in [-0.2, -0.15) is 0 Å². The third-order valence-corrected chi connectivity index (χ3v) is 6.04. The highest BCUT2D eigenvalue weighted by molar-refractivity contribution is 7.99. The summed E-state index contributed by atoms with van der Waals surface area (Å²) in [4.78, 5) is 30.0. The van der Waals surface area contributed by atoms with Crippen molar-refractivity contribution in [2.24, 2.45) is 0 Å². The molecule has 0 atom stereocenters. The summed E-state index contributed by atoms with van der Waals surface area (Å²) < 4.78 is 10.3. The molecular weight excluding hydrogens is 382 g/mol. The Kier molecular flexibility index (Phi) is 6.47. The first-order chi connectivity index (χ1) is 13.1. The number of ether oxygens (including phenoxy) is 2. The van der Waals surface area contributed by atoms with Crippen molar-refractivity contribution in [2.75, 3.05) is 12.9 Å². The van der Waals surface area contributed by atoms with Crippen molar-refractivity contribution in [1.82, 2.24) is 4.98 Å². The fourth-order valence-electron chi connectivity index (χ4n) is 2.74. The minimum atomic E-state index is -0.483. The van der Waals surface area contributed by atoms with Crippen molar-refractivity contribution >= 4 is 45.9 Å². The number of pyridine rings is 1. The van der Waals surface area contributed by atoms with E-state index in [1.54, 1.807) is 11.3 Å². The molecule has 0 N–H and O–H groups in total. The van der Waals surface area contributed by atoms with Crippen molar-refractivity contribution in [1.29, 1.82) is 0 Å². The molecule has 0 spiro atoms. The second kappa shape index (κ2) is 9.01. The summed E-state index contributed by atoms with van der Waals surface area (Å²) in [7, 11) is 1.33. The molecule has 0 saturated carbocycles. The Morgan fingerprint density at radius 3 is 2.74 bits per heavy atom. The number of nitrogens with zero attached hydrogens (tertiary/aromatic N) is 1. The summed E-state index contributed by atoms with van der Waals surface area (Å²) in [6.45, 7) is 1.78. The Morgan fingerprint density at radius 2 is 2.00 bits per heavy atom.